The van der Waals surface area contributed by atoms with Gasteiger partial charge in [-0.15, -0.1) is 0 Å². The molecule has 2 aromatic rings. The van der Waals surface area contributed by atoms with Crippen LogP contribution in [0.5, 0.6) is 10.9 Å². The summed E-state index contributed by atoms with van der Waals surface area (Å²) in [7, 11) is 1.28. The summed E-state index contributed by atoms with van der Waals surface area (Å²) in [4.78, 5) is 15.6. The van der Waals surface area contributed by atoms with Gasteiger partial charge in [-0.3, -0.25) is 0 Å². The maximum Gasteiger partial charge on any atom is 0.351 e. The lowest BCUT2D eigenvalue weighted by atomic mass is 10.2. The zero-order valence-electron chi connectivity index (χ0n) is 10.8. The summed E-state index contributed by atoms with van der Waals surface area (Å²) >= 11 is 12.9. The normalized spacial score (nSPS) is 10.4. The van der Waals surface area contributed by atoms with Crippen molar-refractivity contribution in [2.45, 2.75) is 13.3 Å². The predicted molar refractivity (Wildman–Crippen MR) is 79.4 cm³/mol. The number of aryl methyl sites for hydroxylation is 1. The van der Waals surface area contributed by atoms with Crippen molar-refractivity contribution >= 4 is 40.5 Å². The van der Waals surface area contributed by atoms with Crippen molar-refractivity contribution < 1.29 is 14.3 Å². The smallest absolute Gasteiger partial charge is 0.351 e. The molecule has 20 heavy (non-hydrogen) atoms. The SMILES string of the molecule is CCc1cc(Oc2nc(Cl)c(C(=O)OC)s2)ccc1Cl. The molecule has 0 aliphatic carbocycles. The summed E-state index contributed by atoms with van der Waals surface area (Å²) in [6, 6.07) is 5.32. The highest BCUT2D eigenvalue weighted by Crippen LogP contribution is 2.33. The van der Waals surface area contributed by atoms with E-state index in [4.69, 9.17) is 27.9 Å². The topological polar surface area (TPSA) is 48.4 Å². The van der Waals surface area contributed by atoms with Gasteiger partial charge >= 0.3 is 5.97 Å². The van der Waals surface area contributed by atoms with Gasteiger partial charge in [0.05, 0.1) is 7.11 Å². The van der Waals surface area contributed by atoms with E-state index < -0.39 is 5.97 Å². The van der Waals surface area contributed by atoms with E-state index in [1.165, 1.54) is 7.11 Å². The molecule has 0 aliphatic heterocycles. The summed E-state index contributed by atoms with van der Waals surface area (Å²) in [6.07, 6.45) is 0.794. The lowest BCUT2D eigenvalue weighted by Gasteiger charge is -2.05. The number of halogens is 2. The molecule has 0 unspecified atom stereocenters. The molecule has 0 saturated carbocycles. The summed E-state index contributed by atoms with van der Waals surface area (Å²) < 4.78 is 10.2. The Hall–Kier alpha value is -1.30. The van der Waals surface area contributed by atoms with Crippen molar-refractivity contribution in [2.24, 2.45) is 0 Å². The van der Waals surface area contributed by atoms with Crippen molar-refractivity contribution in [3.05, 3.63) is 38.8 Å². The van der Waals surface area contributed by atoms with Crippen LogP contribution in [0.2, 0.25) is 10.2 Å². The Morgan fingerprint density at radius 3 is 2.80 bits per heavy atom. The number of aromatic nitrogens is 1. The molecule has 0 atom stereocenters. The Balaban J connectivity index is 2.24. The fourth-order valence-corrected chi connectivity index (χ4v) is 2.85. The van der Waals surface area contributed by atoms with Gasteiger partial charge in [0.25, 0.3) is 5.19 Å². The standard InChI is InChI=1S/C13H11Cl2NO3S/c1-3-7-6-8(4-5-9(7)14)19-13-16-11(15)10(20-13)12(17)18-2/h4-6H,3H2,1-2H3. The Kier molecular flexibility index (Phi) is 4.86. The molecule has 0 amide bonds. The summed E-state index contributed by atoms with van der Waals surface area (Å²) in [5.41, 5.74) is 0.972. The molecule has 1 aromatic heterocycles. The minimum absolute atomic E-state index is 0.0709. The monoisotopic (exact) mass is 331 g/mol. The summed E-state index contributed by atoms with van der Waals surface area (Å²) in [6.45, 7) is 2.00. The van der Waals surface area contributed by atoms with Crippen LogP contribution in [0, 0.1) is 0 Å². The maximum atomic E-state index is 11.4. The first-order valence-electron chi connectivity index (χ1n) is 5.76. The first kappa shape index (κ1) is 15.1. The van der Waals surface area contributed by atoms with Crippen LogP contribution in [-0.2, 0) is 11.2 Å². The molecule has 0 bridgehead atoms. The van der Waals surface area contributed by atoms with Crippen LogP contribution in [-0.4, -0.2) is 18.1 Å². The Morgan fingerprint density at radius 1 is 1.40 bits per heavy atom. The number of benzene rings is 1. The molecule has 4 nitrogen and oxygen atoms in total. The number of hydrogen-bond acceptors (Lipinski definition) is 5. The van der Waals surface area contributed by atoms with E-state index in [9.17, 15) is 4.79 Å². The Morgan fingerprint density at radius 2 is 2.15 bits per heavy atom. The van der Waals surface area contributed by atoms with Crippen LogP contribution >= 0.6 is 34.5 Å². The Bertz CT molecular complexity index is 643. The van der Waals surface area contributed by atoms with Gasteiger partial charge in [-0.05, 0) is 30.2 Å². The molecular weight excluding hydrogens is 321 g/mol. The molecular formula is C13H11Cl2NO3S. The molecule has 0 radical (unpaired) electrons. The highest BCUT2D eigenvalue weighted by molar-refractivity contribution is 7.15. The highest BCUT2D eigenvalue weighted by Gasteiger charge is 2.18. The number of nitrogens with zero attached hydrogens (tertiary/aromatic N) is 1. The molecule has 2 rings (SSSR count). The van der Waals surface area contributed by atoms with Crippen LogP contribution in [0.3, 0.4) is 0 Å². The Labute approximate surface area is 130 Å². The van der Waals surface area contributed by atoms with E-state index in [1.54, 1.807) is 12.1 Å². The van der Waals surface area contributed by atoms with E-state index in [2.05, 4.69) is 9.72 Å². The van der Waals surface area contributed by atoms with Crippen molar-refractivity contribution in [1.82, 2.24) is 4.98 Å². The number of carbonyl (C=O) groups is 1. The maximum absolute atomic E-state index is 11.4. The van der Waals surface area contributed by atoms with E-state index in [0.29, 0.717) is 10.8 Å². The van der Waals surface area contributed by atoms with Crippen LogP contribution < -0.4 is 4.74 Å². The third-order valence-electron chi connectivity index (χ3n) is 2.54. The van der Waals surface area contributed by atoms with Crippen LogP contribution in [0.15, 0.2) is 18.2 Å². The number of hydrogen-bond donors (Lipinski definition) is 0. The molecule has 0 spiro atoms. The van der Waals surface area contributed by atoms with Crippen LogP contribution in [0.1, 0.15) is 22.2 Å². The van der Waals surface area contributed by atoms with Gasteiger partial charge in [0.15, 0.2) is 10.0 Å². The first-order chi connectivity index (χ1) is 9.55. The van der Waals surface area contributed by atoms with E-state index in [-0.39, 0.29) is 15.2 Å². The third-order valence-corrected chi connectivity index (χ3v) is 4.21. The average Bonchev–Trinajstić information content (AvgIpc) is 2.80. The van der Waals surface area contributed by atoms with Crippen molar-refractivity contribution in [1.29, 1.82) is 0 Å². The molecule has 0 N–H and O–H groups in total. The van der Waals surface area contributed by atoms with E-state index in [0.717, 1.165) is 23.3 Å². The minimum Gasteiger partial charge on any atom is -0.465 e. The van der Waals surface area contributed by atoms with Crippen molar-refractivity contribution in [3.8, 4) is 10.9 Å². The van der Waals surface area contributed by atoms with E-state index >= 15 is 0 Å². The average molecular weight is 332 g/mol. The number of carbonyl (C=O) groups excluding carboxylic acids is 1. The highest BCUT2D eigenvalue weighted by atomic mass is 35.5. The zero-order valence-corrected chi connectivity index (χ0v) is 13.1. The second-order valence-corrected chi connectivity index (χ2v) is 5.53. The number of thiazole rings is 1. The van der Waals surface area contributed by atoms with Gasteiger partial charge in [-0.2, -0.15) is 4.98 Å². The van der Waals surface area contributed by atoms with Gasteiger partial charge in [0.1, 0.15) is 5.75 Å². The fourth-order valence-electron chi connectivity index (χ4n) is 1.53. The van der Waals surface area contributed by atoms with Gasteiger partial charge < -0.3 is 9.47 Å². The van der Waals surface area contributed by atoms with Crippen LogP contribution in [0.4, 0.5) is 0 Å². The number of esters is 1. The molecule has 0 saturated heterocycles. The second kappa shape index (κ2) is 6.43. The molecule has 106 valence electrons. The lowest BCUT2D eigenvalue weighted by Crippen LogP contribution is -1.98. The fraction of sp³-hybridized carbons (Fsp3) is 0.231. The minimum atomic E-state index is -0.535. The molecule has 1 aromatic carbocycles. The first-order valence-corrected chi connectivity index (χ1v) is 7.33. The summed E-state index contributed by atoms with van der Waals surface area (Å²) in [5.74, 6) is 0.0563. The number of rotatable bonds is 4. The lowest BCUT2D eigenvalue weighted by molar-refractivity contribution is 0.0606. The summed E-state index contributed by atoms with van der Waals surface area (Å²) in [5, 5.41) is 1.04. The second-order valence-electron chi connectivity index (χ2n) is 3.80. The predicted octanol–water partition coefficient (Wildman–Crippen LogP) is 4.59. The third kappa shape index (κ3) is 3.23. The van der Waals surface area contributed by atoms with E-state index in [1.807, 2.05) is 13.0 Å². The van der Waals surface area contributed by atoms with Gasteiger partial charge in [0, 0.05) is 5.02 Å². The molecule has 0 fully saturated rings. The number of methoxy groups -OCH3 is 1. The largest absolute Gasteiger partial charge is 0.465 e. The molecule has 7 heteroatoms. The van der Waals surface area contributed by atoms with Crippen molar-refractivity contribution in [3.63, 3.8) is 0 Å². The van der Waals surface area contributed by atoms with Gasteiger partial charge in [-0.25, -0.2) is 4.79 Å². The number of ether oxygens (including phenoxy) is 2. The van der Waals surface area contributed by atoms with Crippen molar-refractivity contribution in [2.75, 3.05) is 7.11 Å². The zero-order chi connectivity index (χ0) is 14.7. The quantitative estimate of drug-likeness (QED) is 0.768. The van der Waals surface area contributed by atoms with Crippen LogP contribution in [0.25, 0.3) is 0 Å². The van der Waals surface area contributed by atoms with Gasteiger partial charge in [0.2, 0.25) is 0 Å². The van der Waals surface area contributed by atoms with Gasteiger partial charge in [-0.1, -0.05) is 41.5 Å². The molecule has 1 heterocycles. The molecule has 0 aliphatic rings.